The quantitative estimate of drug-likeness (QED) is 0.706. The number of nitrogens with two attached hydrogens (primary N) is 1. The molecule has 0 spiro atoms. The Morgan fingerprint density at radius 1 is 1.21 bits per heavy atom. The van der Waals surface area contributed by atoms with E-state index in [1.807, 2.05) is 11.5 Å². The smallest absolute Gasteiger partial charge is 0.381 e. The van der Waals surface area contributed by atoms with E-state index in [4.69, 9.17) is 10.5 Å². The molecule has 1 aliphatic heterocycles. The lowest BCUT2D eigenvalue weighted by Crippen LogP contribution is -2.37. The molecule has 28 heavy (non-hydrogen) atoms. The Balaban J connectivity index is 1.82. The van der Waals surface area contributed by atoms with Gasteiger partial charge in [-0.3, -0.25) is 4.57 Å². The zero-order valence-corrected chi connectivity index (χ0v) is 15.1. The number of anilines is 3. The molecule has 1 fully saturated rings. The molecule has 3 heterocycles. The van der Waals surface area contributed by atoms with E-state index in [9.17, 15) is 13.2 Å². The third kappa shape index (κ3) is 3.35. The van der Waals surface area contributed by atoms with Gasteiger partial charge < -0.3 is 15.8 Å². The number of ether oxygens (including phenoxy) is 1. The minimum atomic E-state index is -4.43. The third-order valence-corrected chi connectivity index (χ3v) is 4.97. The average Bonchev–Trinajstić information content (AvgIpc) is 2.99. The van der Waals surface area contributed by atoms with Crippen molar-refractivity contribution in [3.05, 3.63) is 36.0 Å². The number of imidazole rings is 1. The molecule has 4 rings (SSSR count). The summed E-state index contributed by atoms with van der Waals surface area (Å²) >= 11 is 0. The lowest BCUT2D eigenvalue weighted by Gasteiger charge is -2.36. The summed E-state index contributed by atoms with van der Waals surface area (Å²) in [5.74, 6) is 0.494. The molecule has 0 radical (unpaired) electrons. The summed E-state index contributed by atoms with van der Waals surface area (Å²) < 4.78 is 46.5. The SMILES string of the molecule is CC1(n2c(Nc3cccc(C(F)(F)F)c3)nc3cnc(N)nc32)CCOCC1. The van der Waals surface area contributed by atoms with Crippen LogP contribution in [0.15, 0.2) is 30.5 Å². The molecule has 0 bridgehead atoms. The number of aromatic nitrogens is 4. The minimum absolute atomic E-state index is 0.106. The van der Waals surface area contributed by atoms with Crippen molar-refractivity contribution in [3.8, 4) is 0 Å². The second kappa shape index (κ2) is 6.62. The Kier molecular flexibility index (Phi) is 4.37. The van der Waals surface area contributed by atoms with Gasteiger partial charge in [-0.1, -0.05) is 6.07 Å². The first-order chi connectivity index (χ1) is 13.3. The molecule has 0 atom stereocenters. The van der Waals surface area contributed by atoms with Crippen LogP contribution in [0, 0.1) is 0 Å². The number of hydrogen-bond acceptors (Lipinski definition) is 6. The lowest BCUT2D eigenvalue weighted by atomic mass is 9.92. The largest absolute Gasteiger partial charge is 0.416 e. The molecule has 0 unspecified atom stereocenters. The first-order valence-electron chi connectivity index (χ1n) is 8.80. The van der Waals surface area contributed by atoms with Gasteiger partial charge in [0.25, 0.3) is 0 Å². The Morgan fingerprint density at radius 3 is 2.68 bits per heavy atom. The van der Waals surface area contributed by atoms with Crippen molar-refractivity contribution in [2.24, 2.45) is 0 Å². The summed E-state index contributed by atoms with van der Waals surface area (Å²) in [5.41, 5.74) is 5.97. The molecule has 0 saturated carbocycles. The minimum Gasteiger partial charge on any atom is -0.381 e. The topological polar surface area (TPSA) is 90.9 Å². The second-order valence-electron chi connectivity index (χ2n) is 7.02. The fourth-order valence-electron chi connectivity index (χ4n) is 3.42. The van der Waals surface area contributed by atoms with E-state index in [0.717, 1.165) is 12.1 Å². The molecule has 148 valence electrons. The van der Waals surface area contributed by atoms with E-state index < -0.39 is 11.7 Å². The first kappa shape index (κ1) is 18.5. The van der Waals surface area contributed by atoms with Crippen LogP contribution < -0.4 is 11.1 Å². The molecule has 1 aromatic carbocycles. The summed E-state index contributed by atoms with van der Waals surface area (Å²) in [6.45, 7) is 3.19. The zero-order chi connectivity index (χ0) is 19.9. The molecule has 1 aliphatic rings. The van der Waals surface area contributed by atoms with Crippen LogP contribution in [-0.2, 0) is 16.5 Å². The van der Waals surface area contributed by atoms with Crippen LogP contribution in [0.5, 0.6) is 0 Å². The summed E-state index contributed by atoms with van der Waals surface area (Å²) in [4.78, 5) is 12.8. The van der Waals surface area contributed by atoms with Crippen molar-refractivity contribution in [2.45, 2.75) is 31.5 Å². The highest BCUT2D eigenvalue weighted by molar-refractivity contribution is 5.76. The van der Waals surface area contributed by atoms with Gasteiger partial charge in [0.1, 0.15) is 5.52 Å². The maximum Gasteiger partial charge on any atom is 0.416 e. The number of nitrogen functional groups attached to an aromatic ring is 1. The van der Waals surface area contributed by atoms with Crippen molar-refractivity contribution in [2.75, 3.05) is 24.3 Å². The van der Waals surface area contributed by atoms with E-state index in [0.29, 0.717) is 43.2 Å². The lowest BCUT2D eigenvalue weighted by molar-refractivity contribution is -0.137. The molecule has 0 aliphatic carbocycles. The maximum absolute atomic E-state index is 13.1. The molecular formula is C18H19F3N6O. The van der Waals surface area contributed by atoms with Crippen molar-refractivity contribution in [1.29, 1.82) is 0 Å². The fraction of sp³-hybridized carbons (Fsp3) is 0.389. The molecule has 3 N–H and O–H groups in total. The van der Waals surface area contributed by atoms with E-state index >= 15 is 0 Å². The summed E-state index contributed by atoms with van der Waals surface area (Å²) in [6, 6.07) is 4.99. The number of benzene rings is 1. The molecule has 1 saturated heterocycles. The molecule has 7 nitrogen and oxygen atoms in total. The fourth-order valence-corrected chi connectivity index (χ4v) is 3.42. The Bertz CT molecular complexity index is 1010. The number of nitrogens with zero attached hydrogens (tertiary/aromatic N) is 4. The van der Waals surface area contributed by atoms with Gasteiger partial charge >= 0.3 is 6.18 Å². The maximum atomic E-state index is 13.1. The molecule has 10 heteroatoms. The first-order valence-corrected chi connectivity index (χ1v) is 8.80. The van der Waals surface area contributed by atoms with E-state index in [-0.39, 0.29) is 17.2 Å². The standard InChI is InChI=1S/C18H19F3N6O/c1-17(5-7-28-8-6-17)27-14-13(10-23-15(22)26-14)25-16(27)24-12-4-2-3-11(9-12)18(19,20)21/h2-4,9-10H,5-8H2,1H3,(H,24,25)(H2,22,23,26). The summed E-state index contributed by atoms with van der Waals surface area (Å²) in [5, 5.41) is 3.02. The van der Waals surface area contributed by atoms with Crippen LogP contribution >= 0.6 is 0 Å². The predicted molar refractivity (Wildman–Crippen MR) is 98.2 cm³/mol. The van der Waals surface area contributed by atoms with Crippen LogP contribution in [0.4, 0.5) is 30.8 Å². The molecular weight excluding hydrogens is 373 g/mol. The highest BCUT2D eigenvalue weighted by Crippen LogP contribution is 2.37. The normalized spacial score (nSPS) is 17.0. The van der Waals surface area contributed by atoms with Crippen LogP contribution in [0.2, 0.25) is 0 Å². The molecule has 0 amide bonds. The van der Waals surface area contributed by atoms with E-state index in [1.165, 1.54) is 12.3 Å². The Labute approximate surface area is 158 Å². The molecule has 2 aromatic heterocycles. The van der Waals surface area contributed by atoms with Gasteiger partial charge in [0.15, 0.2) is 5.65 Å². The van der Waals surface area contributed by atoms with E-state index in [1.54, 1.807) is 6.07 Å². The van der Waals surface area contributed by atoms with Crippen molar-refractivity contribution in [1.82, 2.24) is 19.5 Å². The van der Waals surface area contributed by atoms with Gasteiger partial charge in [0.2, 0.25) is 11.9 Å². The van der Waals surface area contributed by atoms with Crippen molar-refractivity contribution in [3.63, 3.8) is 0 Å². The summed E-state index contributed by atoms with van der Waals surface area (Å²) in [6.07, 6.45) is -1.50. The Morgan fingerprint density at radius 2 is 1.96 bits per heavy atom. The van der Waals surface area contributed by atoms with Gasteiger partial charge in [-0.05, 0) is 38.0 Å². The number of halogens is 3. The van der Waals surface area contributed by atoms with Gasteiger partial charge in [-0.15, -0.1) is 0 Å². The highest BCUT2D eigenvalue weighted by atomic mass is 19.4. The average molecular weight is 392 g/mol. The van der Waals surface area contributed by atoms with Gasteiger partial charge in [0.05, 0.1) is 17.3 Å². The van der Waals surface area contributed by atoms with Crippen LogP contribution in [0.1, 0.15) is 25.3 Å². The summed E-state index contributed by atoms with van der Waals surface area (Å²) in [7, 11) is 0. The number of fused-ring (bicyclic) bond motifs is 1. The van der Waals surface area contributed by atoms with Crippen molar-refractivity contribution >= 4 is 28.7 Å². The van der Waals surface area contributed by atoms with Crippen molar-refractivity contribution < 1.29 is 17.9 Å². The van der Waals surface area contributed by atoms with Crippen LogP contribution in [0.25, 0.3) is 11.2 Å². The monoisotopic (exact) mass is 392 g/mol. The van der Waals surface area contributed by atoms with Gasteiger partial charge in [-0.2, -0.15) is 18.2 Å². The van der Waals surface area contributed by atoms with Crippen LogP contribution in [0.3, 0.4) is 0 Å². The number of hydrogen-bond donors (Lipinski definition) is 2. The van der Waals surface area contributed by atoms with Gasteiger partial charge in [-0.25, -0.2) is 9.97 Å². The zero-order valence-electron chi connectivity index (χ0n) is 15.1. The number of rotatable bonds is 3. The highest BCUT2D eigenvalue weighted by Gasteiger charge is 2.34. The molecule has 3 aromatic rings. The Hall–Kier alpha value is -2.88. The predicted octanol–water partition coefficient (Wildman–Crippen LogP) is 3.70. The number of nitrogens with one attached hydrogen (secondary N) is 1. The number of alkyl halides is 3. The third-order valence-electron chi connectivity index (χ3n) is 4.97. The second-order valence-corrected chi connectivity index (χ2v) is 7.02. The van der Waals surface area contributed by atoms with Crippen LogP contribution in [-0.4, -0.2) is 32.7 Å². The van der Waals surface area contributed by atoms with E-state index in [2.05, 4.69) is 20.3 Å². The van der Waals surface area contributed by atoms with Gasteiger partial charge in [0, 0.05) is 18.9 Å².